The number of carboxylic acid groups (broad SMARTS) is 12. The van der Waals surface area contributed by atoms with Gasteiger partial charge in [0.25, 0.3) is 0 Å². The van der Waals surface area contributed by atoms with Crippen LogP contribution in [0.2, 0.25) is 0 Å². The Morgan fingerprint density at radius 2 is 0.254 bits per heavy atom. The Morgan fingerprint density at radius 3 is 0.302 bits per heavy atom. The first-order valence-corrected chi connectivity index (χ1v) is 16.6. The van der Waals surface area contributed by atoms with Crippen molar-refractivity contribution >= 4 is 160 Å². The van der Waals surface area contributed by atoms with E-state index in [1.54, 1.807) is 0 Å². The van der Waals surface area contributed by atoms with Gasteiger partial charge in [-0.25, -0.2) is 0 Å². The molecule has 0 heterocycles. The standard InChI is InChI=1S/3C10H16N2O8.3Na/c3*13-7(14)3-11(4-8(15)16)1-2-12(5-9(17)18)6-10(19)20;;;/h3*1-6H2,(H,13,14)(H,15,16)(H,17,18)(H,19,20);;;. The molecular weight excluding hydrogens is 897 g/mol. The van der Waals surface area contributed by atoms with Crippen molar-refractivity contribution < 1.29 is 119 Å². The molecule has 63 heavy (non-hydrogen) atoms. The fraction of sp³-hybridized carbons (Fsp3) is 0.600. The van der Waals surface area contributed by atoms with Gasteiger partial charge in [-0.15, -0.1) is 0 Å². The van der Waals surface area contributed by atoms with Gasteiger partial charge in [-0.05, 0) is 0 Å². The van der Waals surface area contributed by atoms with Gasteiger partial charge in [0.2, 0.25) is 0 Å². The van der Waals surface area contributed by atoms with E-state index in [0.717, 1.165) is 29.4 Å². The van der Waals surface area contributed by atoms with E-state index in [2.05, 4.69) is 0 Å². The van der Waals surface area contributed by atoms with E-state index in [9.17, 15) is 57.5 Å². The van der Waals surface area contributed by atoms with Crippen molar-refractivity contribution in [3.05, 3.63) is 0 Å². The van der Waals surface area contributed by atoms with Gasteiger partial charge in [0.05, 0.1) is 78.5 Å². The number of hydrogen-bond acceptors (Lipinski definition) is 18. The van der Waals surface area contributed by atoms with Crippen molar-refractivity contribution in [2.45, 2.75) is 0 Å². The van der Waals surface area contributed by atoms with Crippen molar-refractivity contribution in [2.75, 3.05) is 118 Å². The maximum absolute atomic E-state index is 10.6. The summed E-state index contributed by atoms with van der Waals surface area (Å²) in [6, 6.07) is 0. The van der Waals surface area contributed by atoms with Crippen LogP contribution in [0.25, 0.3) is 0 Å². The van der Waals surface area contributed by atoms with Crippen LogP contribution >= 0.6 is 0 Å². The maximum atomic E-state index is 10.6. The molecule has 345 valence electrons. The minimum atomic E-state index is -1.23. The van der Waals surface area contributed by atoms with Crippen LogP contribution in [0, 0.1) is 0 Å². The molecule has 0 amide bonds. The monoisotopic (exact) mass is 945 g/mol. The van der Waals surface area contributed by atoms with Crippen molar-refractivity contribution in [1.29, 1.82) is 0 Å². The summed E-state index contributed by atoms with van der Waals surface area (Å²) in [6.45, 7) is -6.75. The molecule has 0 rings (SSSR count). The molecule has 0 aromatic carbocycles. The molecule has 12 N–H and O–H groups in total. The number of carbonyl (C=O) groups is 12. The number of nitrogens with zero attached hydrogens (tertiary/aromatic N) is 6. The van der Waals surface area contributed by atoms with Crippen LogP contribution in [-0.2, 0) is 57.5 Å². The molecule has 30 nitrogen and oxygen atoms in total. The third-order valence-corrected chi connectivity index (χ3v) is 6.50. The minimum Gasteiger partial charge on any atom is -0.480 e. The largest absolute Gasteiger partial charge is 0.480 e. The molecule has 0 saturated heterocycles. The topological polar surface area (TPSA) is 467 Å². The molecule has 0 atom stereocenters. The molecule has 0 unspecified atom stereocenters. The first-order valence-electron chi connectivity index (χ1n) is 16.6. The zero-order valence-corrected chi connectivity index (χ0v) is 40.7. The molecule has 0 aromatic rings. The Bertz CT molecular complexity index is 1130. The van der Waals surface area contributed by atoms with Crippen LogP contribution < -0.4 is 0 Å². The normalized spacial score (nSPS) is 10.2. The number of aliphatic carboxylic acids is 12. The van der Waals surface area contributed by atoms with Crippen LogP contribution in [0.3, 0.4) is 0 Å². The average Bonchev–Trinajstić information content (AvgIpc) is 3.02. The Labute approximate surface area is 423 Å². The molecule has 3 radical (unpaired) electrons. The molecular formula is C30H48N6Na3O24. The van der Waals surface area contributed by atoms with Crippen LogP contribution in [-0.4, -0.2) is 369 Å². The average molecular weight is 946 g/mol. The second-order valence-corrected chi connectivity index (χ2v) is 12.0. The third kappa shape index (κ3) is 52.6. The van der Waals surface area contributed by atoms with Gasteiger partial charge < -0.3 is 61.3 Å². The first-order chi connectivity index (χ1) is 27.6. The van der Waals surface area contributed by atoms with Crippen molar-refractivity contribution in [3.8, 4) is 0 Å². The van der Waals surface area contributed by atoms with E-state index >= 15 is 0 Å². The minimum absolute atomic E-state index is 0. The fourth-order valence-corrected chi connectivity index (χ4v) is 4.43. The molecule has 0 saturated carbocycles. The Morgan fingerprint density at radius 1 is 0.190 bits per heavy atom. The summed E-state index contributed by atoms with van der Waals surface area (Å²) in [4.78, 5) is 133. The van der Waals surface area contributed by atoms with Crippen LogP contribution in [0.1, 0.15) is 0 Å². The predicted molar refractivity (Wildman–Crippen MR) is 208 cm³/mol. The molecule has 0 spiro atoms. The van der Waals surface area contributed by atoms with E-state index in [1.165, 1.54) is 0 Å². The second kappa shape index (κ2) is 41.1. The van der Waals surface area contributed by atoms with Gasteiger partial charge >= 0.3 is 71.6 Å². The molecule has 0 aliphatic rings. The predicted octanol–water partition coefficient (Wildman–Crippen LogP) is -7.36. The van der Waals surface area contributed by atoms with Crippen molar-refractivity contribution in [1.82, 2.24) is 29.4 Å². The van der Waals surface area contributed by atoms with Gasteiger partial charge in [-0.1, -0.05) is 0 Å². The number of rotatable bonds is 33. The van der Waals surface area contributed by atoms with Crippen molar-refractivity contribution in [2.24, 2.45) is 0 Å². The summed E-state index contributed by atoms with van der Waals surface area (Å²) < 4.78 is 0. The molecule has 0 fully saturated rings. The Hall–Kier alpha value is -3.60. The SMILES string of the molecule is O=C(O)CN(CCN(CC(=O)O)CC(=O)O)CC(=O)O.O=C(O)CN(CCN(CC(=O)O)CC(=O)O)CC(=O)O.O=C(O)CN(CCN(CC(=O)O)CC(=O)O)CC(=O)O.[Na].[Na].[Na]. The Balaban J connectivity index is -0.000000189. The summed E-state index contributed by atoms with van der Waals surface area (Å²) in [6.07, 6.45) is 0. The van der Waals surface area contributed by atoms with Gasteiger partial charge in [0.15, 0.2) is 0 Å². The molecule has 0 bridgehead atoms. The summed E-state index contributed by atoms with van der Waals surface area (Å²) in [7, 11) is 0. The molecule has 0 aliphatic carbocycles. The zero-order chi connectivity index (χ0) is 47.1. The van der Waals surface area contributed by atoms with Crippen LogP contribution in [0.15, 0.2) is 0 Å². The van der Waals surface area contributed by atoms with Gasteiger partial charge in [-0.2, -0.15) is 0 Å². The van der Waals surface area contributed by atoms with E-state index in [4.69, 9.17) is 61.3 Å². The van der Waals surface area contributed by atoms with E-state index < -0.39 is 150 Å². The van der Waals surface area contributed by atoms with E-state index in [0.29, 0.717) is 0 Å². The van der Waals surface area contributed by atoms with Crippen LogP contribution in [0.4, 0.5) is 0 Å². The van der Waals surface area contributed by atoms with Gasteiger partial charge in [0.1, 0.15) is 0 Å². The molecule has 0 aliphatic heterocycles. The smallest absolute Gasteiger partial charge is 0.317 e. The summed E-state index contributed by atoms with van der Waals surface area (Å²) in [5, 5.41) is 103. The Kier molecular flexibility index (Phi) is 46.4. The summed E-state index contributed by atoms with van der Waals surface area (Å²) in [5.41, 5.74) is 0. The number of hydrogen-bond donors (Lipinski definition) is 12. The zero-order valence-electron chi connectivity index (χ0n) is 34.7. The third-order valence-electron chi connectivity index (χ3n) is 6.50. The molecule has 33 heteroatoms. The van der Waals surface area contributed by atoms with Gasteiger partial charge in [-0.3, -0.25) is 86.9 Å². The quantitative estimate of drug-likeness (QED) is 0.0272. The number of carboxylic acids is 12. The van der Waals surface area contributed by atoms with E-state index in [-0.39, 0.29) is 128 Å². The molecule has 0 aromatic heterocycles. The fourth-order valence-electron chi connectivity index (χ4n) is 4.43. The van der Waals surface area contributed by atoms with Crippen molar-refractivity contribution in [3.63, 3.8) is 0 Å². The maximum Gasteiger partial charge on any atom is 0.317 e. The van der Waals surface area contributed by atoms with E-state index in [1.807, 2.05) is 0 Å². The second-order valence-electron chi connectivity index (χ2n) is 12.0. The van der Waals surface area contributed by atoms with Gasteiger partial charge in [0, 0.05) is 128 Å². The first kappa shape index (κ1) is 71.0. The van der Waals surface area contributed by atoms with Crippen LogP contribution in [0.5, 0.6) is 0 Å². The summed E-state index contributed by atoms with van der Waals surface area (Å²) >= 11 is 0. The summed E-state index contributed by atoms with van der Waals surface area (Å²) in [5.74, 6) is -14.7.